The third-order valence-electron chi connectivity index (χ3n) is 1.36. The van der Waals surface area contributed by atoms with Crippen LogP contribution in [-0.4, -0.2) is 4.92 Å². The summed E-state index contributed by atoms with van der Waals surface area (Å²) in [5, 5.41) is 10.5. The molecule has 11 heavy (non-hydrogen) atoms. The van der Waals surface area contributed by atoms with Gasteiger partial charge in [0.25, 0.3) is 5.69 Å². The maximum Gasteiger partial charge on any atom is 0.272 e. The molecule has 0 aliphatic heterocycles. The predicted molar refractivity (Wildman–Crippen MR) is 42.6 cm³/mol. The third kappa shape index (κ3) is 1.55. The monoisotopic (exact) mass is 153 g/mol. The summed E-state index contributed by atoms with van der Waals surface area (Å²) in [7, 11) is 0. The number of nitro benzene ring substituents is 1. The Kier molecular flexibility index (Phi) is 1.30. The van der Waals surface area contributed by atoms with Crippen LogP contribution in [0.5, 0.6) is 0 Å². The van der Waals surface area contributed by atoms with Crippen LogP contribution in [-0.2, 0) is 0 Å². The van der Waals surface area contributed by atoms with E-state index in [2.05, 4.69) is 0 Å². The fourth-order valence-electron chi connectivity index (χ4n) is 0.784. The lowest BCUT2D eigenvalue weighted by atomic mass is 10.1. The minimum Gasteiger partial charge on any atom is -0.258 e. The molecule has 1 aromatic rings. The van der Waals surface area contributed by atoms with Crippen LogP contribution >= 0.6 is 0 Å². The highest BCUT2D eigenvalue weighted by Gasteiger charge is 2.08. The number of hydrogen-bond acceptors (Lipinski definition) is 2. The van der Waals surface area contributed by atoms with Gasteiger partial charge in [-0.05, 0) is 19.4 Å². The standard InChI is InChI=1S/C8H9NO2/c1-6-3-4-7(2)8(5-6)9(10)11/h3-5H,1-2H3/i4D,5D. The van der Waals surface area contributed by atoms with E-state index in [4.69, 9.17) is 2.74 Å². The molecule has 0 saturated carbocycles. The van der Waals surface area contributed by atoms with Gasteiger partial charge in [0.1, 0.15) is 0 Å². The van der Waals surface area contributed by atoms with E-state index >= 15 is 0 Å². The second-order valence-corrected chi connectivity index (χ2v) is 2.33. The molecule has 0 aliphatic rings. The zero-order valence-corrected chi connectivity index (χ0v) is 6.34. The molecule has 3 nitrogen and oxygen atoms in total. The van der Waals surface area contributed by atoms with Crippen LogP contribution in [0.3, 0.4) is 0 Å². The van der Waals surface area contributed by atoms with Crippen molar-refractivity contribution in [3.05, 3.63) is 39.4 Å². The van der Waals surface area contributed by atoms with E-state index in [-0.39, 0.29) is 23.3 Å². The van der Waals surface area contributed by atoms with Crippen molar-refractivity contribution in [1.82, 2.24) is 0 Å². The Labute approximate surface area is 67.6 Å². The Balaban J connectivity index is 3.56. The van der Waals surface area contributed by atoms with Crippen molar-refractivity contribution in [2.75, 3.05) is 0 Å². The molecular formula is C8H9NO2. The Morgan fingerprint density at radius 2 is 2.27 bits per heavy atom. The van der Waals surface area contributed by atoms with E-state index in [1.165, 1.54) is 13.0 Å². The third-order valence-corrected chi connectivity index (χ3v) is 1.36. The molecule has 1 rings (SSSR count). The summed E-state index contributed by atoms with van der Waals surface area (Å²) in [5.41, 5.74) is 0.452. The molecule has 0 unspecified atom stereocenters. The summed E-state index contributed by atoms with van der Waals surface area (Å²) >= 11 is 0. The molecule has 0 heterocycles. The molecule has 3 heteroatoms. The smallest absolute Gasteiger partial charge is 0.258 e. The Morgan fingerprint density at radius 1 is 1.64 bits per heavy atom. The highest BCUT2D eigenvalue weighted by Crippen LogP contribution is 2.18. The minimum absolute atomic E-state index is 0.0986. The van der Waals surface area contributed by atoms with Crippen LogP contribution in [0.15, 0.2) is 18.2 Å². The maximum absolute atomic E-state index is 10.5. The van der Waals surface area contributed by atoms with Crippen molar-refractivity contribution in [3.8, 4) is 0 Å². The van der Waals surface area contributed by atoms with Crippen molar-refractivity contribution >= 4 is 5.69 Å². The van der Waals surface area contributed by atoms with Crippen molar-refractivity contribution < 1.29 is 7.66 Å². The summed E-state index contributed by atoms with van der Waals surface area (Å²) < 4.78 is 14.8. The summed E-state index contributed by atoms with van der Waals surface area (Å²) in [6, 6.07) is 1.48. The molecule has 1 aromatic carbocycles. The van der Waals surface area contributed by atoms with Gasteiger partial charge in [-0.25, -0.2) is 0 Å². The van der Waals surface area contributed by atoms with Crippen LogP contribution in [0.2, 0.25) is 0 Å². The SMILES string of the molecule is [2H]c1cc(C)c([2H])c([N+](=O)[O-])c1C. The van der Waals surface area contributed by atoms with Crippen LogP contribution in [0, 0.1) is 24.0 Å². The van der Waals surface area contributed by atoms with Crippen LogP contribution in [0.4, 0.5) is 5.69 Å². The number of aryl methyl sites for hydroxylation is 1. The lowest BCUT2D eigenvalue weighted by Gasteiger charge is -1.96. The van der Waals surface area contributed by atoms with Crippen LogP contribution in [0.1, 0.15) is 13.9 Å². The van der Waals surface area contributed by atoms with Gasteiger partial charge in [0.2, 0.25) is 0 Å². The fraction of sp³-hybridized carbons (Fsp3) is 0.250. The van der Waals surface area contributed by atoms with E-state index in [0.29, 0.717) is 5.56 Å². The van der Waals surface area contributed by atoms with E-state index in [0.717, 1.165) is 0 Å². The first-order chi connectivity index (χ1) is 5.95. The summed E-state index contributed by atoms with van der Waals surface area (Å²) in [6.45, 7) is 3.07. The van der Waals surface area contributed by atoms with Gasteiger partial charge >= 0.3 is 0 Å². The second-order valence-electron chi connectivity index (χ2n) is 2.33. The van der Waals surface area contributed by atoms with Crippen molar-refractivity contribution in [1.29, 1.82) is 0 Å². The average molecular weight is 153 g/mol. The molecule has 0 saturated heterocycles. The topological polar surface area (TPSA) is 43.1 Å². The zero-order valence-electron chi connectivity index (χ0n) is 8.34. The largest absolute Gasteiger partial charge is 0.272 e. The first-order valence-electron chi connectivity index (χ1n) is 4.17. The van der Waals surface area contributed by atoms with Gasteiger partial charge in [-0.3, -0.25) is 10.1 Å². The summed E-state index contributed by atoms with van der Waals surface area (Å²) in [4.78, 5) is 9.94. The lowest BCUT2D eigenvalue weighted by molar-refractivity contribution is -0.385. The normalized spacial score (nSPS) is 12.2. The Morgan fingerprint density at radius 3 is 2.82 bits per heavy atom. The quantitative estimate of drug-likeness (QED) is 0.458. The fourth-order valence-corrected chi connectivity index (χ4v) is 0.784. The number of hydrogen-bond donors (Lipinski definition) is 0. The molecule has 0 atom stereocenters. The van der Waals surface area contributed by atoms with E-state index < -0.39 is 4.92 Å². The lowest BCUT2D eigenvalue weighted by Crippen LogP contribution is -1.91. The molecule has 0 N–H and O–H groups in total. The molecule has 0 spiro atoms. The van der Waals surface area contributed by atoms with Gasteiger partial charge in [0.05, 0.1) is 7.66 Å². The maximum atomic E-state index is 10.5. The van der Waals surface area contributed by atoms with E-state index in [1.54, 1.807) is 6.92 Å². The zero-order chi connectivity index (χ0) is 10.2. The molecule has 58 valence electrons. The minimum atomic E-state index is -0.608. The molecule has 0 aromatic heterocycles. The van der Waals surface area contributed by atoms with Crippen molar-refractivity contribution in [2.24, 2.45) is 0 Å². The Bertz CT molecular complexity index is 351. The van der Waals surface area contributed by atoms with Gasteiger partial charge in [-0.1, -0.05) is 12.1 Å². The molecular weight excluding hydrogens is 142 g/mol. The number of nitro groups is 1. The Hall–Kier alpha value is -1.38. The van der Waals surface area contributed by atoms with Gasteiger partial charge in [-0.15, -0.1) is 0 Å². The number of nitrogens with zero attached hydrogens (tertiary/aromatic N) is 1. The highest BCUT2D eigenvalue weighted by atomic mass is 16.6. The van der Waals surface area contributed by atoms with E-state index in [9.17, 15) is 10.1 Å². The predicted octanol–water partition coefficient (Wildman–Crippen LogP) is 2.21. The molecule has 0 aliphatic carbocycles. The summed E-state index contributed by atoms with van der Waals surface area (Å²) in [5.74, 6) is 0. The van der Waals surface area contributed by atoms with Crippen molar-refractivity contribution in [2.45, 2.75) is 13.8 Å². The molecule has 0 bridgehead atoms. The first kappa shape index (κ1) is 5.29. The number of benzene rings is 1. The molecule has 0 fully saturated rings. The number of rotatable bonds is 1. The van der Waals surface area contributed by atoms with Crippen LogP contribution in [0.25, 0.3) is 0 Å². The van der Waals surface area contributed by atoms with Gasteiger partial charge in [-0.2, -0.15) is 0 Å². The van der Waals surface area contributed by atoms with Crippen molar-refractivity contribution in [3.63, 3.8) is 0 Å². The second kappa shape index (κ2) is 2.70. The average Bonchev–Trinajstić information content (AvgIpc) is 2.01. The van der Waals surface area contributed by atoms with E-state index in [1.807, 2.05) is 0 Å². The van der Waals surface area contributed by atoms with Gasteiger partial charge in [0, 0.05) is 11.6 Å². The van der Waals surface area contributed by atoms with Gasteiger partial charge < -0.3 is 0 Å². The molecule has 0 radical (unpaired) electrons. The van der Waals surface area contributed by atoms with Crippen LogP contribution < -0.4 is 0 Å². The highest BCUT2D eigenvalue weighted by molar-refractivity contribution is 5.41. The molecule has 0 amide bonds. The van der Waals surface area contributed by atoms with Gasteiger partial charge in [0.15, 0.2) is 0 Å². The first-order valence-corrected chi connectivity index (χ1v) is 3.17. The summed E-state index contributed by atoms with van der Waals surface area (Å²) in [6.07, 6.45) is 0.